The van der Waals surface area contributed by atoms with E-state index in [1.165, 1.54) is 19.3 Å². The Morgan fingerprint density at radius 3 is 1.91 bits per heavy atom. The van der Waals surface area contributed by atoms with Crippen molar-refractivity contribution in [2.24, 2.45) is 23.7 Å². The van der Waals surface area contributed by atoms with Gasteiger partial charge in [0.2, 0.25) is 5.95 Å². The number of aryl methyl sites for hydroxylation is 2. The average molecular weight is 633 g/mol. The Morgan fingerprint density at radius 2 is 1.53 bits per heavy atom. The molecule has 3 aromatic heterocycles. The van der Waals surface area contributed by atoms with Crippen molar-refractivity contribution < 1.29 is 10.2 Å². The summed E-state index contributed by atoms with van der Waals surface area (Å²) in [7, 11) is 1.00. The third kappa shape index (κ3) is 12.0. The Morgan fingerprint density at radius 1 is 0.977 bits per heavy atom. The van der Waals surface area contributed by atoms with Crippen molar-refractivity contribution in [3.63, 3.8) is 0 Å². The number of terminal acetylenes is 1. The second-order valence-corrected chi connectivity index (χ2v) is 13.4. The number of alkyl halides is 1. The van der Waals surface area contributed by atoms with E-state index in [4.69, 9.17) is 28.2 Å². The minimum Gasteiger partial charge on any atom is -0.400 e. The van der Waals surface area contributed by atoms with Crippen LogP contribution in [-0.2, 0) is 0 Å². The monoisotopic (exact) mass is 632 g/mol. The van der Waals surface area contributed by atoms with Crippen molar-refractivity contribution in [3.8, 4) is 23.4 Å². The Hall–Kier alpha value is -2.77. The first-order valence-electron chi connectivity index (χ1n) is 14.5. The molecule has 2 aliphatic carbocycles. The van der Waals surface area contributed by atoms with E-state index >= 15 is 0 Å². The molecule has 5 atom stereocenters. The first kappa shape index (κ1) is 40.2. The number of aromatic nitrogens is 4. The zero-order valence-electron chi connectivity index (χ0n) is 27.3. The first-order valence-corrected chi connectivity index (χ1v) is 15.7. The fraction of sp³-hybridized carbons (Fsp3) is 0.576. The van der Waals surface area contributed by atoms with E-state index in [1.807, 2.05) is 33.8 Å². The lowest BCUT2D eigenvalue weighted by Gasteiger charge is -2.27. The Balaban J connectivity index is 0.000000624. The molecule has 0 amide bonds. The second kappa shape index (κ2) is 19.5. The van der Waals surface area contributed by atoms with Gasteiger partial charge in [-0.25, -0.2) is 9.97 Å². The number of rotatable bonds is 2. The second-order valence-electron chi connectivity index (χ2n) is 11.4. The SMILES string of the molecule is C#C.C=C.CO.C[C@@H]1CC(C(C)(C)Cl)[C@@H](O)C1.C[C@@H]1CCC[C@@H]1C.Cc1nc(N)nc(N)c1-c1nc2c(C)nccc2s1. The van der Waals surface area contributed by atoms with Gasteiger partial charge in [-0.3, -0.25) is 4.98 Å². The van der Waals surface area contributed by atoms with E-state index in [2.05, 4.69) is 66.7 Å². The van der Waals surface area contributed by atoms with Crippen LogP contribution in [0.4, 0.5) is 11.8 Å². The van der Waals surface area contributed by atoms with Crippen LogP contribution < -0.4 is 11.5 Å². The summed E-state index contributed by atoms with van der Waals surface area (Å²) in [6.07, 6.45) is 16.0. The first-order chi connectivity index (χ1) is 20.3. The van der Waals surface area contributed by atoms with E-state index in [-0.39, 0.29) is 22.8 Å². The number of anilines is 2. The van der Waals surface area contributed by atoms with E-state index in [9.17, 15) is 5.11 Å². The molecule has 1 unspecified atom stereocenters. The van der Waals surface area contributed by atoms with E-state index in [0.717, 1.165) is 64.0 Å². The molecule has 0 radical (unpaired) electrons. The fourth-order valence-corrected chi connectivity index (χ4v) is 6.66. The van der Waals surface area contributed by atoms with Gasteiger partial charge >= 0.3 is 0 Å². The summed E-state index contributed by atoms with van der Waals surface area (Å²) in [5.41, 5.74) is 14.8. The summed E-state index contributed by atoms with van der Waals surface area (Å²) < 4.78 is 1.07. The van der Waals surface area contributed by atoms with Crippen LogP contribution in [0, 0.1) is 50.4 Å². The maximum Gasteiger partial charge on any atom is 0.222 e. The smallest absolute Gasteiger partial charge is 0.222 e. The van der Waals surface area contributed by atoms with Crippen LogP contribution >= 0.6 is 22.9 Å². The molecule has 0 saturated heterocycles. The Kier molecular flexibility index (Phi) is 18.2. The summed E-state index contributed by atoms with van der Waals surface area (Å²) in [6, 6.07) is 1.94. The zero-order chi connectivity index (χ0) is 33.5. The van der Waals surface area contributed by atoms with Crippen LogP contribution in [0.25, 0.3) is 20.8 Å². The number of nitrogen functional groups attached to an aromatic ring is 2. The van der Waals surface area contributed by atoms with Gasteiger partial charge in [-0.1, -0.05) is 40.0 Å². The van der Waals surface area contributed by atoms with Crippen LogP contribution in [0.1, 0.15) is 78.1 Å². The van der Waals surface area contributed by atoms with Crippen molar-refractivity contribution in [2.45, 2.75) is 91.5 Å². The van der Waals surface area contributed by atoms with Crippen LogP contribution in [0.3, 0.4) is 0 Å². The molecule has 0 bridgehead atoms. The van der Waals surface area contributed by atoms with Gasteiger partial charge in [0.25, 0.3) is 0 Å². The van der Waals surface area contributed by atoms with E-state index < -0.39 is 0 Å². The number of fused-ring (bicyclic) bond motifs is 1. The van der Waals surface area contributed by atoms with Gasteiger partial charge in [0.05, 0.1) is 27.8 Å². The molecule has 6 N–H and O–H groups in total. The lowest BCUT2D eigenvalue weighted by molar-refractivity contribution is 0.115. The van der Waals surface area contributed by atoms with Gasteiger partial charge in [-0.2, -0.15) is 4.98 Å². The number of hydrogen-bond acceptors (Lipinski definition) is 9. The van der Waals surface area contributed by atoms with Crippen molar-refractivity contribution in [2.75, 3.05) is 18.6 Å². The molecule has 3 aromatic rings. The molecule has 10 heteroatoms. The summed E-state index contributed by atoms with van der Waals surface area (Å²) in [5, 5.41) is 17.4. The molecule has 2 aliphatic rings. The van der Waals surface area contributed by atoms with Gasteiger partial charge < -0.3 is 21.7 Å². The largest absolute Gasteiger partial charge is 0.400 e. The predicted octanol–water partition coefficient (Wildman–Crippen LogP) is 7.44. The lowest BCUT2D eigenvalue weighted by atomic mass is 9.91. The van der Waals surface area contributed by atoms with Gasteiger partial charge in [0.1, 0.15) is 16.3 Å². The number of halogens is 1. The molecule has 2 saturated carbocycles. The van der Waals surface area contributed by atoms with Crippen LogP contribution in [0.5, 0.6) is 0 Å². The summed E-state index contributed by atoms with van der Waals surface area (Å²) in [4.78, 5) is 16.7. The van der Waals surface area contributed by atoms with Crippen molar-refractivity contribution in [3.05, 3.63) is 36.8 Å². The predicted molar refractivity (Wildman–Crippen MR) is 186 cm³/mol. The molecule has 2 fully saturated rings. The van der Waals surface area contributed by atoms with E-state index in [1.54, 1.807) is 17.5 Å². The molecular formula is C33H53ClN6O2S. The fourth-order valence-electron chi connectivity index (χ4n) is 5.30. The van der Waals surface area contributed by atoms with Gasteiger partial charge in [-0.05, 0) is 64.4 Å². The highest BCUT2D eigenvalue weighted by molar-refractivity contribution is 7.21. The molecule has 5 rings (SSSR count). The molecule has 0 aliphatic heterocycles. The number of thiazole rings is 1. The van der Waals surface area contributed by atoms with Gasteiger partial charge in [-0.15, -0.1) is 48.9 Å². The maximum atomic E-state index is 9.61. The lowest BCUT2D eigenvalue weighted by Crippen LogP contribution is -2.30. The average Bonchev–Trinajstić information content (AvgIpc) is 3.66. The quantitative estimate of drug-likeness (QED) is 0.130. The Labute approximate surface area is 268 Å². The van der Waals surface area contributed by atoms with Crippen LogP contribution in [0.2, 0.25) is 0 Å². The topological polar surface area (TPSA) is 144 Å². The Bertz CT molecular complexity index is 1230. The summed E-state index contributed by atoms with van der Waals surface area (Å²) >= 11 is 7.69. The molecule has 3 heterocycles. The molecule has 0 aromatic carbocycles. The van der Waals surface area contributed by atoms with Crippen molar-refractivity contribution in [1.82, 2.24) is 19.9 Å². The minimum absolute atomic E-state index is 0.178. The molecule has 0 spiro atoms. The number of hydrogen-bond donors (Lipinski definition) is 4. The number of aliphatic hydroxyl groups excluding tert-OH is 2. The zero-order valence-corrected chi connectivity index (χ0v) is 28.8. The third-order valence-electron chi connectivity index (χ3n) is 7.78. The van der Waals surface area contributed by atoms with Crippen molar-refractivity contribution in [1.29, 1.82) is 0 Å². The highest BCUT2D eigenvalue weighted by Gasteiger charge is 2.39. The highest BCUT2D eigenvalue weighted by atomic mass is 35.5. The number of pyridine rings is 1. The number of nitrogens with two attached hydrogens (primary N) is 2. The van der Waals surface area contributed by atoms with E-state index in [0.29, 0.717) is 11.7 Å². The number of aliphatic hydroxyl groups is 2. The highest BCUT2D eigenvalue weighted by Crippen LogP contribution is 2.41. The summed E-state index contributed by atoms with van der Waals surface area (Å²) in [5.74, 6) is 3.47. The van der Waals surface area contributed by atoms with Crippen molar-refractivity contribution >= 4 is 44.9 Å². The van der Waals surface area contributed by atoms with Gasteiger partial charge in [0, 0.05) is 24.1 Å². The maximum absolute atomic E-state index is 9.61. The molecule has 8 nitrogen and oxygen atoms in total. The summed E-state index contributed by atoms with van der Waals surface area (Å²) in [6.45, 7) is 20.6. The standard InChI is InChI=1S/C12H12N6S.C9H17ClO.C7H14.C2H4.C2H2.CH4O/c1-5-8(10(13)18-12(14)16-5)11-17-9-6(2)15-4-3-7(9)19-11;1-6-4-7(8(11)5-6)9(2,3)10;1-6-4-3-5-7(6)2;3*1-2/h3-4H,1-2H3,(H4,13,14,16,18);6-8,11H,4-5H2,1-3H3;6-7H,3-5H2,1-2H3;1-2H2;1-2H;2H,1H3/t;6-,7?,8+;6-,7+;;;/m.1..../s1. The minimum atomic E-state index is -0.246. The van der Waals surface area contributed by atoms with Gasteiger partial charge in [0.15, 0.2) is 0 Å². The number of nitrogens with zero attached hydrogens (tertiary/aromatic N) is 4. The third-order valence-corrected chi connectivity index (χ3v) is 9.09. The van der Waals surface area contributed by atoms with Crippen LogP contribution in [0.15, 0.2) is 25.4 Å². The van der Waals surface area contributed by atoms with Crippen LogP contribution in [-0.4, -0.2) is 48.2 Å². The molecule has 240 valence electrons. The normalized spacial score (nSPS) is 22.1. The molecular weight excluding hydrogens is 580 g/mol. The molecule has 43 heavy (non-hydrogen) atoms.